The summed E-state index contributed by atoms with van der Waals surface area (Å²) in [5.74, 6) is 0. The van der Waals surface area contributed by atoms with E-state index < -0.39 is 12.1 Å². The Morgan fingerprint density at radius 3 is 2.80 bits per heavy atom. The van der Waals surface area contributed by atoms with Gasteiger partial charge in [-0.25, -0.2) is 4.79 Å². The van der Waals surface area contributed by atoms with E-state index >= 15 is 0 Å². The van der Waals surface area contributed by atoms with E-state index in [1.165, 1.54) is 4.90 Å². The first-order chi connectivity index (χ1) is 7.04. The van der Waals surface area contributed by atoms with Crippen LogP contribution in [0.4, 0.5) is 4.79 Å². The Morgan fingerprint density at radius 1 is 1.67 bits per heavy atom. The van der Waals surface area contributed by atoms with Gasteiger partial charge in [0.1, 0.15) is 0 Å². The Balaban J connectivity index is 2.67. The van der Waals surface area contributed by atoms with Gasteiger partial charge in [-0.2, -0.15) is 0 Å². The molecule has 1 amide bonds. The quantitative estimate of drug-likeness (QED) is 0.437. The molecule has 15 heavy (non-hydrogen) atoms. The van der Waals surface area contributed by atoms with E-state index in [2.05, 4.69) is 10.0 Å². The average Bonchev–Trinajstić information content (AvgIpc) is 2.48. The molecule has 0 aromatic carbocycles. The molecule has 1 fully saturated rings. The summed E-state index contributed by atoms with van der Waals surface area (Å²) in [6, 6.07) is -0.423. The molecule has 0 saturated carbocycles. The number of hydrogen-bond acceptors (Lipinski definition) is 3. The number of nitrogens with zero attached hydrogens (tertiary/aromatic N) is 4. The molecule has 7 nitrogen and oxygen atoms in total. The van der Waals surface area contributed by atoms with E-state index in [9.17, 15) is 4.79 Å². The minimum absolute atomic E-state index is 0.0138. The second-order valence-electron chi connectivity index (χ2n) is 3.68. The molecule has 2 atom stereocenters. The fourth-order valence-corrected chi connectivity index (χ4v) is 1.57. The summed E-state index contributed by atoms with van der Waals surface area (Å²) in [4.78, 5) is 14.6. The number of likely N-dealkylation sites (tertiary alicyclic amines) is 1. The second kappa shape index (κ2) is 4.86. The van der Waals surface area contributed by atoms with Crippen molar-refractivity contribution in [2.75, 3.05) is 13.1 Å². The molecule has 1 saturated heterocycles. The molecule has 0 unspecified atom stereocenters. The van der Waals surface area contributed by atoms with Gasteiger partial charge in [0.15, 0.2) is 0 Å². The van der Waals surface area contributed by atoms with E-state index in [4.69, 9.17) is 15.4 Å². The molecule has 1 heterocycles. The molecule has 0 spiro atoms. The topological polar surface area (TPSA) is 98.5 Å². The molecule has 7 heteroatoms. The summed E-state index contributed by atoms with van der Waals surface area (Å²) in [5, 5.41) is 12.3. The van der Waals surface area contributed by atoms with Crippen LogP contribution in [0.2, 0.25) is 0 Å². The van der Waals surface area contributed by atoms with Crippen LogP contribution in [0.3, 0.4) is 0 Å². The van der Waals surface area contributed by atoms with Crippen LogP contribution in [0.25, 0.3) is 10.4 Å². The SMILES string of the molecule is CC(C)O[C@H]1CN(C(=O)O)C[C@@H]1N=[N+]=[N-]. The van der Waals surface area contributed by atoms with Crippen LogP contribution in [0.15, 0.2) is 5.11 Å². The summed E-state index contributed by atoms with van der Waals surface area (Å²) in [7, 11) is 0. The van der Waals surface area contributed by atoms with Gasteiger partial charge in [-0.1, -0.05) is 5.11 Å². The molecule has 0 aromatic heterocycles. The molecule has 0 radical (unpaired) electrons. The number of rotatable bonds is 3. The zero-order valence-corrected chi connectivity index (χ0v) is 8.70. The Kier molecular flexibility index (Phi) is 3.76. The summed E-state index contributed by atoms with van der Waals surface area (Å²) in [6.45, 7) is 4.18. The van der Waals surface area contributed by atoms with E-state index in [1.54, 1.807) is 0 Å². The van der Waals surface area contributed by atoms with Crippen molar-refractivity contribution in [3.8, 4) is 0 Å². The minimum atomic E-state index is -1.01. The van der Waals surface area contributed by atoms with Crippen molar-refractivity contribution in [2.24, 2.45) is 5.11 Å². The highest BCUT2D eigenvalue weighted by atomic mass is 16.5. The van der Waals surface area contributed by atoms with E-state index in [-0.39, 0.29) is 25.3 Å². The molecule has 84 valence electrons. The third-order valence-electron chi connectivity index (χ3n) is 2.15. The van der Waals surface area contributed by atoms with Gasteiger partial charge in [-0.3, -0.25) is 0 Å². The number of carboxylic acid groups (broad SMARTS) is 1. The van der Waals surface area contributed by atoms with Gasteiger partial charge >= 0.3 is 6.09 Å². The first-order valence-electron chi connectivity index (χ1n) is 4.72. The minimum Gasteiger partial charge on any atom is -0.465 e. The van der Waals surface area contributed by atoms with Crippen LogP contribution in [-0.2, 0) is 4.74 Å². The molecule has 1 aliphatic rings. The van der Waals surface area contributed by atoms with Crippen LogP contribution >= 0.6 is 0 Å². The Labute approximate surface area is 87.3 Å². The van der Waals surface area contributed by atoms with Crippen molar-refractivity contribution in [3.05, 3.63) is 10.4 Å². The van der Waals surface area contributed by atoms with Crippen molar-refractivity contribution >= 4 is 6.09 Å². The summed E-state index contributed by atoms with van der Waals surface area (Å²) in [5.41, 5.74) is 8.34. The standard InChI is InChI=1S/C8H14N4O3/c1-5(2)15-7-4-12(8(13)14)3-6(7)10-11-9/h5-7H,3-4H2,1-2H3,(H,13,14)/t6-,7-/m0/s1. The predicted molar refractivity (Wildman–Crippen MR) is 52.5 cm³/mol. The molecular weight excluding hydrogens is 200 g/mol. The highest BCUT2D eigenvalue weighted by molar-refractivity contribution is 5.65. The normalized spacial score (nSPS) is 25.4. The monoisotopic (exact) mass is 214 g/mol. The highest BCUT2D eigenvalue weighted by Gasteiger charge is 2.35. The highest BCUT2D eigenvalue weighted by Crippen LogP contribution is 2.18. The van der Waals surface area contributed by atoms with Crippen molar-refractivity contribution < 1.29 is 14.6 Å². The first kappa shape index (κ1) is 11.6. The Bertz CT molecular complexity index is 288. The van der Waals surface area contributed by atoms with Crippen molar-refractivity contribution in [1.29, 1.82) is 0 Å². The lowest BCUT2D eigenvalue weighted by atomic mass is 10.2. The zero-order valence-electron chi connectivity index (χ0n) is 8.70. The molecule has 0 bridgehead atoms. The van der Waals surface area contributed by atoms with Gasteiger partial charge in [0, 0.05) is 11.5 Å². The second-order valence-corrected chi connectivity index (χ2v) is 3.68. The maximum absolute atomic E-state index is 10.7. The molecule has 1 aliphatic heterocycles. The van der Waals surface area contributed by atoms with Gasteiger partial charge in [-0.15, -0.1) is 0 Å². The van der Waals surface area contributed by atoms with Gasteiger partial charge in [0.25, 0.3) is 0 Å². The van der Waals surface area contributed by atoms with Crippen molar-refractivity contribution in [3.63, 3.8) is 0 Å². The molecule has 0 aromatic rings. The van der Waals surface area contributed by atoms with Crippen LogP contribution in [-0.4, -0.2) is 47.4 Å². The molecule has 1 rings (SSSR count). The lowest BCUT2D eigenvalue weighted by Crippen LogP contribution is -2.29. The Morgan fingerprint density at radius 2 is 2.33 bits per heavy atom. The Hall–Kier alpha value is -1.46. The van der Waals surface area contributed by atoms with Crippen LogP contribution in [0.1, 0.15) is 13.8 Å². The van der Waals surface area contributed by atoms with Gasteiger partial charge < -0.3 is 14.7 Å². The number of ether oxygens (including phenoxy) is 1. The molecular formula is C8H14N4O3. The largest absolute Gasteiger partial charge is 0.465 e. The predicted octanol–water partition coefficient (Wildman–Crippen LogP) is 1.45. The van der Waals surface area contributed by atoms with Gasteiger partial charge in [-0.05, 0) is 19.4 Å². The lowest BCUT2D eigenvalue weighted by molar-refractivity contribution is 0.00754. The zero-order chi connectivity index (χ0) is 11.4. The number of hydrogen-bond donors (Lipinski definition) is 1. The van der Waals surface area contributed by atoms with Crippen molar-refractivity contribution in [1.82, 2.24) is 4.90 Å². The van der Waals surface area contributed by atoms with Gasteiger partial charge in [0.2, 0.25) is 0 Å². The lowest BCUT2D eigenvalue weighted by Gasteiger charge is -2.17. The van der Waals surface area contributed by atoms with Gasteiger partial charge in [0.05, 0.1) is 24.8 Å². The molecule has 0 aliphatic carbocycles. The number of amides is 1. The van der Waals surface area contributed by atoms with E-state index in [0.29, 0.717) is 0 Å². The van der Waals surface area contributed by atoms with Crippen LogP contribution in [0.5, 0.6) is 0 Å². The third-order valence-corrected chi connectivity index (χ3v) is 2.15. The van der Waals surface area contributed by atoms with E-state index in [0.717, 1.165) is 0 Å². The number of azide groups is 1. The smallest absolute Gasteiger partial charge is 0.407 e. The first-order valence-corrected chi connectivity index (χ1v) is 4.72. The average molecular weight is 214 g/mol. The van der Waals surface area contributed by atoms with Crippen LogP contribution < -0.4 is 0 Å². The van der Waals surface area contributed by atoms with Crippen LogP contribution in [0, 0.1) is 0 Å². The summed E-state index contributed by atoms with van der Waals surface area (Å²) < 4.78 is 5.49. The fraction of sp³-hybridized carbons (Fsp3) is 0.875. The summed E-state index contributed by atoms with van der Waals surface area (Å²) >= 11 is 0. The fourth-order valence-electron chi connectivity index (χ4n) is 1.57. The number of carbonyl (C=O) groups is 1. The maximum Gasteiger partial charge on any atom is 0.407 e. The van der Waals surface area contributed by atoms with E-state index in [1.807, 2.05) is 13.8 Å². The maximum atomic E-state index is 10.7. The third kappa shape index (κ3) is 3.00. The molecule has 1 N–H and O–H groups in total. The summed E-state index contributed by atoms with van der Waals surface area (Å²) in [6.07, 6.45) is -1.36. The van der Waals surface area contributed by atoms with Crippen molar-refractivity contribution in [2.45, 2.75) is 32.1 Å².